The lowest BCUT2D eigenvalue weighted by molar-refractivity contribution is 0.0364. The van der Waals surface area contributed by atoms with Crippen LogP contribution in [0.1, 0.15) is 22.8 Å². The summed E-state index contributed by atoms with van der Waals surface area (Å²) in [6.45, 7) is 5.92. The van der Waals surface area contributed by atoms with Crippen molar-refractivity contribution in [3.8, 4) is 11.4 Å². The molecule has 1 fully saturated rings. The molecule has 1 aliphatic rings. The highest BCUT2D eigenvalue weighted by atomic mass is 32.2. The summed E-state index contributed by atoms with van der Waals surface area (Å²) in [5.41, 5.74) is 4.30. The van der Waals surface area contributed by atoms with E-state index in [1.807, 2.05) is 11.8 Å². The Bertz CT molecular complexity index is 1390. The number of amides is 1. The molecule has 1 amide bonds. The number of aryl methyl sites for hydroxylation is 1. The van der Waals surface area contributed by atoms with Crippen molar-refractivity contribution >= 4 is 26.6 Å². The van der Waals surface area contributed by atoms with Gasteiger partial charge in [0.1, 0.15) is 18.7 Å². The first-order valence-corrected chi connectivity index (χ1v) is 13.2. The van der Waals surface area contributed by atoms with Gasteiger partial charge in [0, 0.05) is 25.2 Å². The van der Waals surface area contributed by atoms with Crippen LogP contribution in [0.4, 0.5) is 0 Å². The van der Waals surface area contributed by atoms with Crippen LogP contribution in [0, 0.1) is 6.92 Å². The molecule has 1 aliphatic heterocycles. The van der Waals surface area contributed by atoms with E-state index >= 15 is 0 Å². The third kappa shape index (κ3) is 5.87. The first kappa shape index (κ1) is 24.8. The number of carbonyl (C=O) groups excluding carboxylic acids is 1. The number of sulfone groups is 1. The van der Waals surface area contributed by atoms with Crippen LogP contribution in [0.3, 0.4) is 0 Å². The number of ether oxygens (including phenoxy) is 1. The van der Waals surface area contributed by atoms with Crippen molar-refractivity contribution < 1.29 is 22.8 Å². The minimum absolute atomic E-state index is 0.169. The molecule has 186 valence electrons. The molecule has 3 aromatic rings. The standard InChI is InChI=1S/C24H28N4O6S/c1-3-34-26-23(29)18-5-4-17(2)22(14-18)28-16-25-21-7-6-19(15-20(21)24(28)30)33-11-8-27-9-12-35(31,32)13-10-27/h4-7,14-16H,3,8-13H2,1-2H3,(H,26,29). The predicted molar refractivity (Wildman–Crippen MR) is 132 cm³/mol. The molecule has 1 aromatic heterocycles. The number of benzene rings is 2. The van der Waals surface area contributed by atoms with Crippen LogP contribution >= 0.6 is 0 Å². The second kappa shape index (κ2) is 10.5. The van der Waals surface area contributed by atoms with Crippen molar-refractivity contribution in [3.05, 3.63) is 64.2 Å². The zero-order valence-corrected chi connectivity index (χ0v) is 20.5. The summed E-state index contributed by atoms with van der Waals surface area (Å²) in [4.78, 5) is 37.1. The number of nitrogens with one attached hydrogen (secondary N) is 1. The maximum absolute atomic E-state index is 13.3. The molecular formula is C24H28N4O6S. The summed E-state index contributed by atoms with van der Waals surface area (Å²) in [7, 11) is -2.92. The van der Waals surface area contributed by atoms with Gasteiger partial charge in [-0.25, -0.2) is 18.9 Å². The average Bonchev–Trinajstić information content (AvgIpc) is 2.84. The third-order valence-corrected chi connectivity index (χ3v) is 7.49. The summed E-state index contributed by atoms with van der Waals surface area (Å²) < 4.78 is 30.4. The highest BCUT2D eigenvalue weighted by Crippen LogP contribution is 2.19. The minimum Gasteiger partial charge on any atom is -0.492 e. The van der Waals surface area contributed by atoms with Gasteiger partial charge >= 0.3 is 0 Å². The molecular weight excluding hydrogens is 472 g/mol. The van der Waals surface area contributed by atoms with Gasteiger partial charge in [-0.05, 0) is 49.7 Å². The van der Waals surface area contributed by atoms with Gasteiger partial charge in [0.15, 0.2) is 9.84 Å². The van der Waals surface area contributed by atoms with E-state index in [1.165, 1.54) is 10.9 Å². The Hall–Kier alpha value is -3.28. The molecule has 4 rings (SSSR count). The first-order valence-electron chi connectivity index (χ1n) is 11.4. The van der Waals surface area contributed by atoms with E-state index in [2.05, 4.69) is 10.5 Å². The van der Waals surface area contributed by atoms with E-state index in [-0.39, 0.29) is 17.1 Å². The van der Waals surface area contributed by atoms with Gasteiger partial charge < -0.3 is 4.74 Å². The van der Waals surface area contributed by atoms with Crippen molar-refractivity contribution in [1.29, 1.82) is 0 Å². The molecule has 2 aromatic carbocycles. The van der Waals surface area contributed by atoms with E-state index in [0.29, 0.717) is 60.8 Å². The quantitative estimate of drug-likeness (QED) is 0.462. The molecule has 0 spiro atoms. The molecule has 0 aliphatic carbocycles. The molecule has 10 nitrogen and oxygen atoms in total. The molecule has 35 heavy (non-hydrogen) atoms. The van der Waals surface area contributed by atoms with Gasteiger partial charge in [-0.15, -0.1) is 0 Å². The maximum atomic E-state index is 13.3. The zero-order valence-electron chi connectivity index (χ0n) is 19.7. The Morgan fingerprint density at radius 3 is 2.66 bits per heavy atom. The van der Waals surface area contributed by atoms with E-state index in [4.69, 9.17) is 9.57 Å². The van der Waals surface area contributed by atoms with Crippen LogP contribution in [-0.2, 0) is 14.7 Å². The number of nitrogens with zero attached hydrogens (tertiary/aromatic N) is 3. The lowest BCUT2D eigenvalue weighted by Crippen LogP contribution is -2.42. The summed E-state index contributed by atoms with van der Waals surface area (Å²) in [6, 6.07) is 10.2. The zero-order chi connectivity index (χ0) is 25.0. The second-order valence-corrected chi connectivity index (χ2v) is 10.6. The van der Waals surface area contributed by atoms with Crippen LogP contribution in [0.5, 0.6) is 5.75 Å². The molecule has 0 bridgehead atoms. The molecule has 2 heterocycles. The maximum Gasteiger partial charge on any atom is 0.274 e. The van der Waals surface area contributed by atoms with Crippen molar-refractivity contribution in [2.24, 2.45) is 0 Å². The minimum atomic E-state index is -2.92. The highest BCUT2D eigenvalue weighted by Gasteiger charge is 2.21. The SMILES string of the molecule is CCONC(=O)c1ccc(C)c(-n2cnc3ccc(OCCN4CCS(=O)(=O)CC4)cc3c2=O)c1. The number of hydroxylamine groups is 1. The van der Waals surface area contributed by atoms with E-state index < -0.39 is 15.7 Å². The van der Waals surface area contributed by atoms with Gasteiger partial charge in [0.25, 0.3) is 11.5 Å². The van der Waals surface area contributed by atoms with Gasteiger partial charge in [-0.2, -0.15) is 0 Å². The summed E-state index contributed by atoms with van der Waals surface area (Å²) in [5.74, 6) is 0.460. The molecule has 1 saturated heterocycles. The largest absolute Gasteiger partial charge is 0.492 e. The summed E-state index contributed by atoms with van der Waals surface area (Å²) in [6.07, 6.45) is 1.45. The fourth-order valence-corrected chi connectivity index (χ4v) is 5.11. The third-order valence-electron chi connectivity index (χ3n) is 5.88. The molecule has 0 saturated carbocycles. The highest BCUT2D eigenvalue weighted by molar-refractivity contribution is 7.91. The van der Waals surface area contributed by atoms with Crippen LogP contribution in [-0.4, -0.2) is 73.1 Å². The molecule has 0 unspecified atom stereocenters. The molecule has 0 radical (unpaired) electrons. The second-order valence-electron chi connectivity index (χ2n) is 8.31. The van der Waals surface area contributed by atoms with Gasteiger partial charge in [0.05, 0.1) is 34.7 Å². The van der Waals surface area contributed by atoms with Crippen molar-refractivity contribution in [2.75, 3.05) is 44.4 Å². The lowest BCUT2D eigenvalue weighted by Gasteiger charge is -2.26. The van der Waals surface area contributed by atoms with Crippen LogP contribution < -0.4 is 15.8 Å². The lowest BCUT2D eigenvalue weighted by atomic mass is 10.1. The first-order chi connectivity index (χ1) is 16.8. The normalized spacial score (nSPS) is 15.7. The van der Waals surface area contributed by atoms with E-state index in [9.17, 15) is 18.0 Å². The number of aromatic nitrogens is 2. The van der Waals surface area contributed by atoms with Gasteiger partial charge in [0.2, 0.25) is 0 Å². The fraction of sp³-hybridized carbons (Fsp3) is 0.375. The summed E-state index contributed by atoms with van der Waals surface area (Å²) in [5, 5.41) is 0.387. The number of fused-ring (bicyclic) bond motifs is 1. The van der Waals surface area contributed by atoms with Crippen LogP contribution in [0.25, 0.3) is 16.6 Å². The molecule has 11 heteroatoms. The number of rotatable bonds is 8. The summed E-state index contributed by atoms with van der Waals surface area (Å²) >= 11 is 0. The Balaban J connectivity index is 1.54. The van der Waals surface area contributed by atoms with E-state index in [0.717, 1.165) is 5.56 Å². The average molecular weight is 501 g/mol. The predicted octanol–water partition coefficient (Wildman–Crippen LogP) is 1.48. The van der Waals surface area contributed by atoms with Crippen LogP contribution in [0.2, 0.25) is 0 Å². The van der Waals surface area contributed by atoms with Crippen molar-refractivity contribution in [1.82, 2.24) is 19.9 Å². The van der Waals surface area contributed by atoms with Crippen LogP contribution in [0.15, 0.2) is 47.5 Å². The monoisotopic (exact) mass is 500 g/mol. The number of hydrogen-bond donors (Lipinski definition) is 1. The van der Waals surface area contributed by atoms with Crippen molar-refractivity contribution in [2.45, 2.75) is 13.8 Å². The molecule has 1 N–H and O–H groups in total. The Morgan fingerprint density at radius 1 is 1.14 bits per heavy atom. The van der Waals surface area contributed by atoms with Gasteiger partial charge in [-0.3, -0.25) is 23.9 Å². The Labute approximate surface area is 203 Å². The Kier molecular flexibility index (Phi) is 7.48. The number of hydrogen-bond acceptors (Lipinski definition) is 8. The number of carbonyl (C=O) groups is 1. The Morgan fingerprint density at radius 2 is 1.91 bits per heavy atom. The van der Waals surface area contributed by atoms with Gasteiger partial charge in [-0.1, -0.05) is 6.07 Å². The van der Waals surface area contributed by atoms with E-state index in [1.54, 1.807) is 43.3 Å². The smallest absolute Gasteiger partial charge is 0.274 e. The fourth-order valence-electron chi connectivity index (χ4n) is 3.84. The topological polar surface area (TPSA) is 120 Å². The van der Waals surface area contributed by atoms with Crippen molar-refractivity contribution in [3.63, 3.8) is 0 Å². The molecule has 0 atom stereocenters.